The fourth-order valence-corrected chi connectivity index (χ4v) is 3.50. The number of hydrogen-bond donors (Lipinski definition) is 4. The van der Waals surface area contributed by atoms with Crippen LogP contribution in [0.15, 0.2) is 72.8 Å². The highest BCUT2D eigenvalue weighted by molar-refractivity contribution is 6.30. The lowest BCUT2D eigenvalue weighted by Crippen LogP contribution is -2.30. The quantitative estimate of drug-likeness (QED) is 0.209. The van der Waals surface area contributed by atoms with Crippen LogP contribution in [0.1, 0.15) is 76.6 Å². The Morgan fingerprint density at radius 3 is 1.40 bits per heavy atom. The fraction of sp³-hybridized carbons (Fsp3) is 0.333. The van der Waals surface area contributed by atoms with Gasteiger partial charge in [0.1, 0.15) is 0 Å². The molecule has 0 bridgehead atoms. The van der Waals surface area contributed by atoms with Gasteiger partial charge in [-0.15, -0.1) is 0 Å². The van der Waals surface area contributed by atoms with Gasteiger partial charge in [0.05, 0.1) is 17.2 Å². The number of aliphatic hydroxyl groups excluding tert-OH is 2. The molecule has 0 heterocycles. The van der Waals surface area contributed by atoms with Crippen molar-refractivity contribution in [1.82, 2.24) is 0 Å². The number of aromatic carboxylic acids is 2. The number of carboxylic acids is 2. The van der Waals surface area contributed by atoms with Gasteiger partial charge in [-0.1, -0.05) is 74.7 Å². The molecule has 0 aliphatic heterocycles. The van der Waals surface area contributed by atoms with Crippen molar-refractivity contribution in [2.75, 3.05) is 0 Å². The van der Waals surface area contributed by atoms with E-state index in [4.69, 9.17) is 26.9 Å². The Morgan fingerprint density at radius 2 is 1.10 bits per heavy atom. The number of alkyl halides is 3. The molecule has 40 heavy (non-hydrogen) atoms. The summed E-state index contributed by atoms with van der Waals surface area (Å²) < 4.78 is 36.0. The van der Waals surface area contributed by atoms with E-state index < -0.39 is 36.7 Å². The average molecular weight is 583 g/mol. The zero-order valence-corrected chi connectivity index (χ0v) is 23.0. The molecule has 0 fully saturated rings. The molecule has 218 valence electrons. The van der Waals surface area contributed by atoms with Gasteiger partial charge in [0.15, 0.2) is 6.10 Å². The van der Waals surface area contributed by atoms with E-state index >= 15 is 0 Å². The van der Waals surface area contributed by atoms with Gasteiger partial charge in [0, 0.05) is 11.4 Å². The number of halogens is 4. The van der Waals surface area contributed by atoms with Crippen molar-refractivity contribution >= 4 is 23.5 Å². The summed E-state index contributed by atoms with van der Waals surface area (Å²) in [6.45, 7) is 4.20. The molecule has 0 aromatic heterocycles. The molecular weight excluding hydrogens is 549 g/mol. The number of rotatable bonds is 9. The molecular formula is C30H34ClF3O6. The molecule has 6 nitrogen and oxygen atoms in total. The molecule has 0 amide bonds. The summed E-state index contributed by atoms with van der Waals surface area (Å²) in [6, 6.07) is 19.8. The van der Waals surface area contributed by atoms with Gasteiger partial charge in [0.25, 0.3) is 0 Å². The zero-order valence-electron chi connectivity index (χ0n) is 22.2. The van der Waals surface area contributed by atoms with E-state index in [9.17, 15) is 27.9 Å². The van der Waals surface area contributed by atoms with Gasteiger partial charge in [-0.25, -0.2) is 9.59 Å². The third-order valence-electron chi connectivity index (χ3n) is 5.56. The predicted molar refractivity (Wildman–Crippen MR) is 148 cm³/mol. The molecule has 4 N–H and O–H groups in total. The minimum atomic E-state index is -4.71. The SMILES string of the molecule is CCCc1ccc(C(=O)O)cc1.CCCc1ccc(C(=O)O)cc1.OC(CC(O)C(F)(F)F)c1ccc(Cl)cc1. The Morgan fingerprint density at radius 1 is 0.725 bits per heavy atom. The highest BCUT2D eigenvalue weighted by Crippen LogP contribution is 2.28. The zero-order chi connectivity index (χ0) is 30.3. The molecule has 3 aromatic rings. The normalized spacial score (nSPS) is 12.2. The average Bonchev–Trinajstić information content (AvgIpc) is 2.90. The molecule has 0 aliphatic carbocycles. The van der Waals surface area contributed by atoms with Crippen LogP contribution >= 0.6 is 11.6 Å². The van der Waals surface area contributed by atoms with Crippen LogP contribution in [-0.2, 0) is 12.8 Å². The number of hydrogen-bond acceptors (Lipinski definition) is 4. The second kappa shape index (κ2) is 17.3. The lowest BCUT2D eigenvalue weighted by Gasteiger charge is -2.18. The number of carbonyl (C=O) groups is 2. The summed E-state index contributed by atoms with van der Waals surface area (Å²) in [5.74, 6) is -1.73. The number of carboxylic acid groups (broad SMARTS) is 2. The Bertz CT molecular complexity index is 1100. The Balaban J connectivity index is 0.000000305. The molecule has 0 radical (unpaired) electrons. The highest BCUT2D eigenvalue weighted by atomic mass is 35.5. The summed E-state index contributed by atoms with van der Waals surface area (Å²) in [5.41, 5.74) is 3.39. The molecule has 2 unspecified atom stereocenters. The molecule has 0 saturated carbocycles. The molecule has 3 aromatic carbocycles. The Hall–Kier alpha value is -3.40. The minimum Gasteiger partial charge on any atom is -0.478 e. The van der Waals surface area contributed by atoms with Gasteiger partial charge in [-0.2, -0.15) is 13.2 Å². The van der Waals surface area contributed by atoms with Crippen molar-refractivity contribution in [1.29, 1.82) is 0 Å². The van der Waals surface area contributed by atoms with Gasteiger partial charge >= 0.3 is 18.1 Å². The topological polar surface area (TPSA) is 115 Å². The van der Waals surface area contributed by atoms with Crippen LogP contribution in [-0.4, -0.2) is 44.6 Å². The van der Waals surface area contributed by atoms with E-state index in [1.165, 1.54) is 35.4 Å². The first-order valence-electron chi connectivity index (χ1n) is 12.6. The predicted octanol–water partition coefficient (Wildman–Crippen LogP) is 7.36. The molecule has 0 saturated heterocycles. The van der Waals surface area contributed by atoms with E-state index in [0.717, 1.165) is 25.7 Å². The van der Waals surface area contributed by atoms with Gasteiger partial charge in [-0.05, 0) is 65.9 Å². The summed E-state index contributed by atoms with van der Waals surface area (Å²) in [4.78, 5) is 20.9. The third kappa shape index (κ3) is 13.1. The first-order valence-corrected chi connectivity index (χ1v) is 13.0. The highest BCUT2D eigenvalue weighted by Gasteiger charge is 2.39. The van der Waals surface area contributed by atoms with Crippen LogP contribution in [0.2, 0.25) is 5.02 Å². The molecule has 0 spiro atoms. The largest absolute Gasteiger partial charge is 0.478 e. The van der Waals surface area contributed by atoms with Gasteiger partial charge in [0.2, 0.25) is 0 Å². The lowest BCUT2D eigenvalue weighted by molar-refractivity contribution is -0.211. The van der Waals surface area contributed by atoms with E-state index in [-0.39, 0.29) is 5.56 Å². The molecule has 2 atom stereocenters. The molecule has 10 heteroatoms. The maximum atomic E-state index is 12.0. The Labute approximate surface area is 236 Å². The lowest BCUT2D eigenvalue weighted by atomic mass is 10.0. The van der Waals surface area contributed by atoms with Crippen LogP contribution in [0, 0.1) is 0 Å². The monoisotopic (exact) mass is 582 g/mol. The first-order chi connectivity index (χ1) is 18.8. The number of benzene rings is 3. The standard InChI is InChI=1S/C10H10ClF3O2.2C10H12O2/c11-7-3-1-6(2-4-7)8(15)5-9(16)10(12,13)14;2*1-2-3-8-4-6-9(7-5-8)10(11)12/h1-4,8-9,15-16H,5H2;2*4-7H,2-3H2,1H3,(H,11,12). The summed E-state index contributed by atoms with van der Waals surface area (Å²) in [5, 5.41) is 35.8. The van der Waals surface area contributed by atoms with Crippen LogP contribution < -0.4 is 0 Å². The second-order valence-corrected chi connectivity index (χ2v) is 9.30. The van der Waals surface area contributed by atoms with Crippen molar-refractivity contribution in [3.8, 4) is 0 Å². The van der Waals surface area contributed by atoms with Crippen molar-refractivity contribution in [3.63, 3.8) is 0 Å². The fourth-order valence-electron chi connectivity index (χ4n) is 3.37. The van der Waals surface area contributed by atoms with E-state index in [1.54, 1.807) is 24.3 Å². The van der Waals surface area contributed by atoms with E-state index in [1.807, 2.05) is 24.3 Å². The van der Waals surface area contributed by atoms with Crippen molar-refractivity contribution < 1.29 is 43.2 Å². The summed E-state index contributed by atoms with van der Waals surface area (Å²) in [7, 11) is 0. The van der Waals surface area contributed by atoms with Gasteiger partial charge < -0.3 is 20.4 Å². The van der Waals surface area contributed by atoms with Crippen LogP contribution in [0.25, 0.3) is 0 Å². The summed E-state index contributed by atoms with van der Waals surface area (Å²) >= 11 is 5.58. The number of aryl methyl sites for hydroxylation is 2. The van der Waals surface area contributed by atoms with Crippen molar-refractivity contribution in [2.45, 2.75) is 64.3 Å². The van der Waals surface area contributed by atoms with Gasteiger partial charge in [-0.3, -0.25) is 0 Å². The second-order valence-electron chi connectivity index (χ2n) is 8.86. The maximum Gasteiger partial charge on any atom is 0.414 e. The summed E-state index contributed by atoms with van der Waals surface area (Å²) in [6.07, 6.45) is -5.19. The molecule has 3 rings (SSSR count). The van der Waals surface area contributed by atoms with E-state index in [2.05, 4.69) is 13.8 Å². The Kier molecular flexibility index (Phi) is 15.0. The molecule has 0 aliphatic rings. The van der Waals surface area contributed by atoms with Crippen molar-refractivity contribution in [3.05, 3.63) is 106 Å². The number of aliphatic hydroxyl groups is 2. The maximum absolute atomic E-state index is 12.0. The van der Waals surface area contributed by atoms with Crippen LogP contribution in [0.5, 0.6) is 0 Å². The first kappa shape index (κ1) is 34.6. The van der Waals surface area contributed by atoms with Crippen LogP contribution in [0.3, 0.4) is 0 Å². The smallest absolute Gasteiger partial charge is 0.414 e. The van der Waals surface area contributed by atoms with E-state index in [0.29, 0.717) is 16.1 Å². The minimum absolute atomic E-state index is 0.285. The van der Waals surface area contributed by atoms with Crippen molar-refractivity contribution in [2.24, 2.45) is 0 Å². The third-order valence-corrected chi connectivity index (χ3v) is 5.81. The van der Waals surface area contributed by atoms with Crippen LogP contribution in [0.4, 0.5) is 13.2 Å².